The van der Waals surface area contributed by atoms with Crippen LogP contribution in [0.2, 0.25) is 5.02 Å². The first-order valence-electron chi connectivity index (χ1n) is 16.0. The minimum absolute atomic E-state index is 0.0676. The van der Waals surface area contributed by atoms with E-state index in [4.69, 9.17) is 11.6 Å². The summed E-state index contributed by atoms with van der Waals surface area (Å²) in [5, 5.41) is 35.0. The summed E-state index contributed by atoms with van der Waals surface area (Å²) in [6.45, 7) is 7.63. The Morgan fingerprint density at radius 1 is 1.18 bits per heavy atom. The third kappa shape index (κ3) is 4.94. The maximum absolute atomic E-state index is 16.9. The average molecular weight is 656 g/mol. The van der Waals surface area contributed by atoms with Crippen LogP contribution in [0.25, 0.3) is 0 Å². The lowest BCUT2D eigenvalue weighted by molar-refractivity contribution is -0.219. The number of aliphatic hydroxyl groups is 3. The average Bonchev–Trinajstić information content (AvgIpc) is 3.56. The zero-order chi connectivity index (χ0) is 32.4. The maximum atomic E-state index is 16.9. The van der Waals surface area contributed by atoms with Crippen LogP contribution in [-0.2, 0) is 29.1 Å². The van der Waals surface area contributed by atoms with Crippen LogP contribution in [0.3, 0.4) is 0 Å². The number of carbonyl (C=O) groups is 2. The Labute approximate surface area is 273 Å². The topological polar surface area (TPSA) is 98.1 Å². The van der Waals surface area contributed by atoms with Gasteiger partial charge in [-0.3, -0.25) is 14.5 Å². The third-order valence-electron chi connectivity index (χ3n) is 12.0. The van der Waals surface area contributed by atoms with Gasteiger partial charge < -0.3 is 15.3 Å². The summed E-state index contributed by atoms with van der Waals surface area (Å²) < 4.78 is 16.9. The highest BCUT2D eigenvalue weighted by Crippen LogP contribution is 2.70. The highest BCUT2D eigenvalue weighted by Gasteiger charge is 2.75. The molecule has 3 saturated carbocycles. The van der Waals surface area contributed by atoms with Gasteiger partial charge in [0, 0.05) is 46.3 Å². The second-order valence-electron chi connectivity index (χ2n) is 14.2. The van der Waals surface area contributed by atoms with Crippen LogP contribution in [0.1, 0.15) is 62.5 Å². The zero-order valence-electron chi connectivity index (χ0n) is 26.1. The van der Waals surface area contributed by atoms with E-state index >= 15 is 4.39 Å². The molecule has 0 saturated heterocycles. The number of halogens is 2. The van der Waals surface area contributed by atoms with Gasteiger partial charge in [-0.2, -0.15) is 0 Å². The van der Waals surface area contributed by atoms with Crippen LogP contribution in [-0.4, -0.2) is 62.3 Å². The van der Waals surface area contributed by atoms with Crippen molar-refractivity contribution in [3.8, 4) is 0 Å². The van der Waals surface area contributed by atoms with Crippen LogP contribution >= 0.6 is 22.9 Å². The number of nitrogens with zero attached hydrogens (tertiary/aromatic N) is 1. The lowest BCUT2D eigenvalue weighted by Gasteiger charge is -2.62. The molecule has 4 aliphatic carbocycles. The number of carbonyl (C=O) groups excluding carboxylic acids is 2. The molecular formula is C36H43ClFNO5S. The molecule has 3 N–H and O–H groups in total. The van der Waals surface area contributed by atoms with Crippen molar-refractivity contribution in [2.45, 2.75) is 83.3 Å². The van der Waals surface area contributed by atoms with E-state index in [0.717, 1.165) is 24.7 Å². The third-order valence-corrected chi connectivity index (χ3v) is 13.4. The first-order chi connectivity index (χ1) is 21.3. The number of fused-ring (bicyclic) bond motifs is 6. The van der Waals surface area contributed by atoms with Crippen LogP contribution in [0.4, 0.5) is 4.39 Å². The molecule has 2 aromatic rings. The quantitative estimate of drug-likeness (QED) is 0.382. The molecule has 1 aliphatic heterocycles. The fourth-order valence-electron chi connectivity index (χ4n) is 9.57. The van der Waals surface area contributed by atoms with Crippen molar-refractivity contribution >= 4 is 34.5 Å². The van der Waals surface area contributed by atoms with Gasteiger partial charge in [0.05, 0.1) is 6.10 Å². The number of Topliss-reactive ketones (excluding diaryl/α,β-unsaturated/α-hetero) is 1. The van der Waals surface area contributed by atoms with E-state index in [1.54, 1.807) is 31.7 Å². The molecule has 0 spiro atoms. The second kappa shape index (κ2) is 11.8. The largest absolute Gasteiger partial charge is 0.390 e. The Hall–Kier alpha value is -2.20. The van der Waals surface area contributed by atoms with E-state index < -0.39 is 52.4 Å². The molecule has 7 rings (SSSR count). The predicted octanol–water partition coefficient (Wildman–Crippen LogP) is 5.86. The number of hydrogen-bond acceptors (Lipinski definition) is 7. The molecule has 2 heterocycles. The van der Waals surface area contributed by atoms with Crippen LogP contribution in [0.15, 0.2) is 59.5 Å². The van der Waals surface area contributed by atoms with E-state index in [-0.39, 0.29) is 18.1 Å². The molecule has 3 fully saturated rings. The number of alkyl halides is 1. The van der Waals surface area contributed by atoms with Crippen molar-refractivity contribution in [3.05, 3.63) is 80.5 Å². The molecule has 1 aromatic carbocycles. The molecule has 0 amide bonds. The molecule has 45 heavy (non-hydrogen) atoms. The van der Waals surface area contributed by atoms with Crippen LogP contribution in [0, 0.1) is 28.6 Å². The standard InChI is InChI=1S/C22H29FO5.C14H14ClNS/c1-12-8-16-15-5-4-13-9-14(25)6-7-19(13,2)21(15,23)17(26)10-20(16,3)22(12,28)18(27)11-24;15-13-4-2-1-3-11(13)9-16-7-5-14-12(10-16)6-8-17-14/h6-7,9,12,15-17,24,26,28H,4-5,8,10-11H2,1-3H3;1-4,6,8H,5,7,9-10H2/t12-,15+,16+,17+,19+,20+,21+,22+;/m1./s1. The Kier molecular flexibility index (Phi) is 8.58. The Balaban J connectivity index is 0.000000179. The molecule has 6 nitrogen and oxygen atoms in total. The van der Waals surface area contributed by atoms with Gasteiger partial charge in [-0.25, -0.2) is 4.39 Å². The molecule has 1 aromatic heterocycles. The fraction of sp³-hybridized carbons (Fsp3) is 0.556. The van der Waals surface area contributed by atoms with Gasteiger partial charge in [0.25, 0.3) is 0 Å². The van der Waals surface area contributed by atoms with Crippen molar-refractivity contribution in [1.82, 2.24) is 4.90 Å². The molecule has 0 unspecified atom stereocenters. The molecule has 9 heteroatoms. The Morgan fingerprint density at radius 2 is 1.93 bits per heavy atom. The number of thiophene rings is 1. The van der Waals surface area contributed by atoms with Crippen LogP contribution in [0.5, 0.6) is 0 Å². The van der Waals surface area contributed by atoms with Gasteiger partial charge in [-0.05, 0) is 91.7 Å². The molecule has 0 radical (unpaired) electrons. The summed E-state index contributed by atoms with van der Waals surface area (Å²) >= 11 is 8.08. The number of allylic oxidation sites excluding steroid dienone is 4. The van der Waals surface area contributed by atoms with Gasteiger partial charge in [0.1, 0.15) is 12.2 Å². The zero-order valence-corrected chi connectivity index (χ0v) is 27.7. The number of aliphatic hydroxyl groups excluding tert-OH is 2. The van der Waals surface area contributed by atoms with Crippen molar-refractivity contribution in [2.75, 3.05) is 13.2 Å². The van der Waals surface area contributed by atoms with E-state index in [9.17, 15) is 24.9 Å². The van der Waals surface area contributed by atoms with E-state index in [0.29, 0.717) is 24.8 Å². The number of hydrogen-bond donors (Lipinski definition) is 3. The van der Waals surface area contributed by atoms with Gasteiger partial charge in [-0.15, -0.1) is 11.3 Å². The van der Waals surface area contributed by atoms with Crippen molar-refractivity contribution < 1.29 is 29.3 Å². The van der Waals surface area contributed by atoms with Crippen molar-refractivity contribution in [3.63, 3.8) is 0 Å². The molecule has 242 valence electrons. The summed E-state index contributed by atoms with van der Waals surface area (Å²) in [5.41, 5.74) is -2.45. The highest BCUT2D eigenvalue weighted by molar-refractivity contribution is 7.10. The first kappa shape index (κ1) is 32.7. The summed E-state index contributed by atoms with van der Waals surface area (Å²) in [7, 11) is 0. The molecule has 0 bridgehead atoms. The lowest BCUT2D eigenvalue weighted by Crippen LogP contribution is -2.69. The Bertz CT molecular complexity index is 1560. The summed E-state index contributed by atoms with van der Waals surface area (Å²) in [6.07, 6.45) is 5.62. The van der Waals surface area contributed by atoms with Gasteiger partial charge in [0.15, 0.2) is 17.2 Å². The van der Waals surface area contributed by atoms with Crippen molar-refractivity contribution in [1.29, 1.82) is 0 Å². The van der Waals surface area contributed by atoms with Gasteiger partial charge >= 0.3 is 0 Å². The number of rotatable bonds is 4. The van der Waals surface area contributed by atoms with E-state index in [2.05, 4.69) is 28.5 Å². The minimum atomic E-state index is -1.98. The van der Waals surface area contributed by atoms with Gasteiger partial charge in [-0.1, -0.05) is 55.3 Å². The van der Waals surface area contributed by atoms with E-state index in [1.807, 2.05) is 23.5 Å². The monoisotopic (exact) mass is 655 g/mol. The van der Waals surface area contributed by atoms with Crippen molar-refractivity contribution in [2.24, 2.45) is 28.6 Å². The van der Waals surface area contributed by atoms with E-state index in [1.165, 1.54) is 29.7 Å². The Morgan fingerprint density at radius 3 is 2.67 bits per heavy atom. The molecule has 5 aliphatic rings. The number of benzene rings is 1. The first-order valence-corrected chi connectivity index (χ1v) is 17.2. The lowest BCUT2D eigenvalue weighted by atomic mass is 9.44. The summed E-state index contributed by atoms with van der Waals surface area (Å²) in [5.74, 6) is -2.12. The normalized spacial score (nSPS) is 38.7. The minimum Gasteiger partial charge on any atom is -0.390 e. The maximum Gasteiger partial charge on any atom is 0.190 e. The number of ketones is 2. The molecule has 8 atom stereocenters. The fourth-order valence-corrected chi connectivity index (χ4v) is 10.7. The van der Waals surface area contributed by atoms with Crippen LogP contribution < -0.4 is 0 Å². The van der Waals surface area contributed by atoms with Gasteiger partial charge in [0.2, 0.25) is 0 Å². The second-order valence-corrected chi connectivity index (χ2v) is 15.6. The smallest absolute Gasteiger partial charge is 0.190 e. The predicted molar refractivity (Wildman–Crippen MR) is 174 cm³/mol. The SMILES string of the molecule is C[C@@H]1C[C@H]2[C@@H]3CCC4=CC(=O)C=C[C@]4(C)[C@@]3(F)[C@@H](O)C[C@]2(C)[C@@]1(O)C(=O)CO.Clc1ccccc1CN1CCc2sccc2C1. The summed E-state index contributed by atoms with van der Waals surface area (Å²) in [6, 6.07) is 10.4. The summed E-state index contributed by atoms with van der Waals surface area (Å²) in [4.78, 5) is 28.4. The highest BCUT2D eigenvalue weighted by atomic mass is 35.5. The molecular weight excluding hydrogens is 613 g/mol.